The molecule has 0 aromatic heterocycles. The molecule has 0 saturated carbocycles. The predicted octanol–water partition coefficient (Wildman–Crippen LogP) is 1.17. The lowest BCUT2D eigenvalue weighted by atomic mass is 9.83. The molecule has 0 aliphatic heterocycles. The van der Waals surface area contributed by atoms with Crippen LogP contribution in [0.1, 0.15) is 34.0 Å². The molecule has 0 amide bonds. The lowest BCUT2D eigenvalue weighted by Gasteiger charge is -2.30. The monoisotopic (exact) mass is 287 g/mol. The number of ether oxygens (including phenoxy) is 1. The van der Waals surface area contributed by atoms with Crippen LogP contribution in [0.5, 0.6) is 5.75 Å². The molecule has 1 aromatic rings. The number of phenols is 1. The van der Waals surface area contributed by atoms with Crippen molar-refractivity contribution >= 4 is 18.4 Å². The average molecular weight is 288 g/mol. The normalized spacial score (nSPS) is 21.2. The van der Waals surface area contributed by atoms with Gasteiger partial charge in [-0.15, -0.1) is 12.4 Å². The first-order chi connectivity index (χ1) is 8.60. The zero-order valence-electron chi connectivity index (χ0n) is 10.8. The number of esters is 1. The van der Waals surface area contributed by atoms with Gasteiger partial charge in [0, 0.05) is 6.04 Å². The molecular weight excluding hydrogens is 270 g/mol. The second-order valence-electron chi connectivity index (χ2n) is 4.40. The molecule has 0 bridgehead atoms. The van der Waals surface area contributed by atoms with Crippen LogP contribution >= 0.6 is 12.4 Å². The highest BCUT2D eigenvalue weighted by atomic mass is 35.5. The van der Waals surface area contributed by atoms with Gasteiger partial charge in [0.05, 0.1) is 13.2 Å². The number of phenolic OH excluding ortho intramolecular Hbond substituents is 1. The van der Waals surface area contributed by atoms with E-state index in [9.17, 15) is 15.0 Å². The highest BCUT2D eigenvalue weighted by Gasteiger charge is 2.31. The van der Waals surface area contributed by atoms with E-state index in [1.165, 1.54) is 13.2 Å². The molecule has 2 atom stereocenters. The number of carbonyl (C=O) groups is 1. The summed E-state index contributed by atoms with van der Waals surface area (Å²) in [6.07, 6.45) is 0.650. The smallest absolute Gasteiger partial charge is 0.341 e. The summed E-state index contributed by atoms with van der Waals surface area (Å²) in [7, 11) is 3.07. The Morgan fingerprint density at radius 3 is 2.74 bits per heavy atom. The molecule has 6 heteroatoms. The maximum absolute atomic E-state index is 11.7. The van der Waals surface area contributed by atoms with E-state index >= 15 is 0 Å². The fraction of sp³-hybridized carbons (Fsp3) is 0.462. The van der Waals surface area contributed by atoms with Gasteiger partial charge in [-0.05, 0) is 37.1 Å². The molecule has 0 heterocycles. The molecule has 0 radical (unpaired) electrons. The van der Waals surface area contributed by atoms with E-state index in [0.717, 1.165) is 0 Å². The number of hydrogen-bond acceptors (Lipinski definition) is 5. The van der Waals surface area contributed by atoms with Gasteiger partial charge in [0.2, 0.25) is 0 Å². The van der Waals surface area contributed by atoms with Crippen molar-refractivity contribution in [2.75, 3.05) is 14.2 Å². The summed E-state index contributed by atoms with van der Waals surface area (Å²) >= 11 is 0. The van der Waals surface area contributed by atoms with Gasteiger partial charge in [-0.2, -0.15) is 0 Å². The second kappa shape index (κ2) is 6.23. The van der Waals surface area contributed by atoms with Gasteiger partial charge in [-0.1, -0.05) is 6.07 Å². The maximum Gasteiger partial charge on any atom is 0.341 e. The summed E-state index contributed by atoms with van der Waals surface area (Å²) in [6.45, 7) is 0. The number of aliphatic hydroxyl groups is 1. The van der Waals surface area contributed by atoms with Crippen LogP contribution in [0.3, 0.4) is 0 Å². The molecule has 0 fully saturated rings. The number of methoxy groups -OCH3 is 1. The summed E-state index contributed by atoms with van der Waals surface area (Å²) in [6, 6.07) is 3.05. The van der Waals surface area contributed by atoms with Gasteiger partial charge < -0.3 is 20.3 Å². The van der Waals surface area contributed by atoms with Crippen molar-refractivity contribution < 1.29 is 19.7 Å². The van der Waals surface area contributed by atoms with Crippen molar-refractivity contribution in [2.24, 2.45) is 0 Å². The number of aromatic hydroxyl groups is 1. The van der Waals surface area contributed by atoms with Gasteiger partial charge in [0.15, 0.2) is 0 Å². The summed E-state index contributed by atoms with van der Waals surface area (Å²) in [5, 5.41) is 23.0. The standard InChI is InChI=1S/C13H17NO4.ClH/c1-14-9-5-3-7-8(12(9)16)4-6-10(15)11(7)13(17)18-2;/h4,6,9,12,14-16H,3,5H2,1-2H3;1H. The minimum absolute atomic E-state index is 0. The zero-order chi connectivity index (χ0) is 13.3. The number of benzene rings is 1. The van der Waals surface area contributed by atoms with Crippen LogP contribution in [0.25, 0.3) is 0 Å². The van der Waals surface area contributed by atoms with Gasteiger partial charge in [-0.3, -0.25) is 0 Å². The number of halogens is 1. The van der Waals surface area contributed by atoms with E-state index < -0.39 is 12.1 Å². The molecule has 1 aliphatic carbocycles. The van der Waals surface area contributed by atoms with E-state index in [1.54, 1.807) is 13.1 Å². The van der Waals surface area contributed by atoms with Crippen LogP contribution in [0.15, 0.2) is 12.1 Å². The average Bonchev–Trinajstić information content (AvgIpc) is 2.38. The number of aliphatic hydroxyl groups excluding tert-OH is 1. The summed E-state index contributed by atoms with van der Waals surface area (Å²) < 4.78 is 4.68. The van der Waals surface area contributed by atoms with E-state index in [2.05, 4.69) is 10.1 Å². The molecule has 3 N–H and O–H groups in total. The Balaban J connectivity index is 0.00000180. The van der Waals surface area contributed by atoms with Crippen LogP contribution < -0.4 is 5.32 Å². The minimum atomic E-state index is -0.678. The van der Waals surface area contributed by atoms with E-state index in [4.69, 9.17) is 0 Å². The molecule has 0 spiro atoms. The van der Waals surface area contributed by atoms with Crippen LogP contribution in [-0.2, 0) is 11.2 Å². The zero-order valence-corrected chi connectivity index (χ0v) is 11.7. The summed E-state index contributed by atoms with van der Waals surface area (Å²) in [5.74, 6) is -0.671. The molecule has 2 rings (SSSR count). The van der Waals surface area contributed by atoms with Gasteiger partial charge in [0.1, 0.15) is 11.3 Å². The molecular formula is C13H18ClNO4. The molecule has 5 nitrogen and oxygen atoms in total. The van der Waals surface area contributed by atoms with E-state index in [-0.39, 0.29) is 29.8 Å². The Morgan fingerprint density at radius 2 is 2.16 bits per heavy atom. The molecule has 19 heavy (non-hydrogen) atoms. The number of hydrogen-bond donors (Lipinski definition) is 3. The highest BCUT2D eigenvalue weighted by Crippen LogP contribution is 2.36. The molecule has 106 valence electrons. The lowest BCUT2D eigenvalue weighted by molar-refractivity contribution is 0.0593. The third kappa shape index (κ3) is 2.68. The molecule has 0 saturated heterocycles. The maximum atomic E-state index is 11.7. The predicted molar refractivity (Wildman–Crippen MR) is 72.8 cm³/mol. The van der Waals surface area contributed by atoms with Gasteiger partial charge >= 0.3 is 5.97 Å². The van der Waals surface area contributed by atoms with E-state index in [1.807, 2.05) is 0 Å². The third-order valence-electron chi connectivity index (χ3n) is 3.49. The van der Waals surface area contributed by atoms with Crippen molar-refractivity contribution in [1.82, 2.24) is 5.32 Å². The minimum Gasteiger partial charge on any atom is -0.507 e. The second-order valence-corrected chi connectivity index (χ2v) is 4.40. The first kappa shape index (κ1) is 15.8. The summed E-state index contributed by atoms with van der Waals surface area (Å²) in [4.78, 5) is 11.7. The fourth-order valence-corrected chi connectivity index (χ4v) is 2.50. The quantitative estimate of drug-likeness (QED) is 0.712. The van der Waals surface area contributed by atoms with Crippen LogP contribution in [-0.4, -0.2) is 36.4 Å². The number of nitrogens with one attached hydrogen (secondary N) is 1. The van der Waals surface area contributed by atoms with Crippen molar-refractivity contribution in [3.63, 3.8) is 0 Å². The molecule has 2 unspecified atom stereocenters. The molecule has 1 aromatic carbocycles. The Kier molecular flexibility index (Phi) is 5.17. The van der Waals surface area contributed by atoms with E-state index in [0.29, 0.717) is 24.0 Å². The fourth-order valence-electron chi connectivity index (χ4n) is 2.50. The Bertz CT molecular complexity index is 478. The van der Waals surface area contributed by atoms with Gasteiger partial charge in [0.25, 0.3) is 0 Å². The van der Waals surface area contributed by atoms with Crippen molar-refractivity contribution in [3.8, 4) is 5.75 Å². The number of rotatable bonds is 2. The Hall–Kier alpha value is -1.30. The van der Waals surface area contributed by atoms with Gasteiger partial charge in [-0.25, -0.2) is 4.79 Å². The first-order valence-corrected chi connectivity index (χ1v) is 5.88. The highest BCUT2D eigenvalue weighted by molar-refractivity contribution is 5.94. The lowest BCUT2D eigenvalue weighted by Crippen LogP contribution is -2.36. The third-order valence-corrected chi connectivity index (χ3v) is 3.49. The largest absolute Gasteiger partial charge is 0.507 e. The topological polar surface area (TPSA) is 78.8 Å². The van der Waals surface area contributed by atoms with Crippen LogP contribution in [0.2, 0.25) is 0 Å². The number of fused-ring (bicyclic) bond motifs is 1. The first-order valence-electron chi connectivity index (χ1n) is 5.88. The SMILES string of the molecule is CNC1CCc2c(ccc(O)c2C(=O)OC)C1O.Cl. The Morgan fingerprint density at radius 1 is 1.47 bits per heavy atom. The number of likely N-dealkylation sites (N-methyl/N-ethyl adjacent to an activating group) is 1. The van der Waals surface area contributed by atoms with Crippen molar-refractivity contribution in [1.29, 1.82) is 0 Å². The summed E-state index contributed by atoms with van der Waals surface area (Å²) in [5.41, 5.74) is 1.53. The van der Waals surface area contributed by atoms with Crippen LogP contribution in [0, 0.1) is 0 Å². The van der Waals surface area contributed by atoms with Crippen LogP contribution in [0.4, 0.5) is 0 Å². The molecule has 1 aliphatic rings. The van der Waals surface area contributed by atoms with Crippen molar-refractivity contribution in [2.45, 2.75) is 25.0 Å². The Labute approximate surface area is 118 Å². The van der Waals surface area contributed by atoms with Crippen molar-refractivity contribution in [3.05, 3.63) is 28.8 Å². The number of carbonyl (C=O) groups excluding carboxylic acids is 1.